The van der Waals surface area contributed by atoms with Crippen molar-refractivity contribution in [1.29, 1.82) is 0 Å². The highest BCUT2D eigenvalue weighted by atomic mass is 35.5. The third kappa shape index (κ3) is 3.86. The average molecular weight is 389 g/mol. The maximum absolute atomic E-state index is 12.5. The Labute approximate surface area is 159 Å². The van der Waals surface area contributed by atoms with Gasteiger partial charge in [0.15, 0.2) is 4.80 Å². The summed E-state index contributed by atoms with van der Waals surface area (Å²) >= 11 is 7.24. The lowest BCUT2D eigenvalue weighted by molar-refractivity contribution is -0.141. The van der Waals surface area contributed by atoms with Crippen molar-refractivity contribution in [2.45, 2.75) is 19.9 Å². The van der Waals surface area contributed by atoms with Crippen molar-refractivity contribution in [3.05, 3.63) is 63.4 Å². The number of aryl methyl sites for hydroxylation is 1. The van der Waals surface area contributed by atoms with Crippen LogP contribution in [0.15, 0.2) is 47.5 Å². The number of thiazole rings is 1. The highest BCUT2D eigenvalue weighted by Crippen LogP contribution is 2.20. The Hall–Kier alpha value is -2.44. The topological polar surface area (TPSA) is 60.7 Å². The number of carbonyl (C=O) groups is 2. The molecule has 1 amide bonds. The number of hydrogen-bond acceptors (Lipinski definition) is 4. The summed E-state index contributed by atoms with van der Waals surface area (Å²) in [6, 6.07) is 12.5. The van der Waals surface area contributed by atoms with Gasteiger partial charge in [-0.2, -0.15) is 4.99 Å². The molecule has 1 heterocycles. The molecule has 0 aliphatic rings. The van der Waals surface area contributed by atoms with Gasteiger partial charge in [0, 0.05) is 10.6 Å². The number of amides is 1. The average Bonchev–Trinajstić information content (AvgIpc) is 2.98. The molecule has 0 N–H and O–H groups in total. The Balaban J connectivity index is 2.13. The number of aromatic nitrogens is 1. The molecule has 0 fully saturated rings. The largest absolute Gasteiger partial charge is 0.468 e. The van der Waals surface area contributed by atoms with Crippen molar-refractivity contribution in [3.63, 3.8) is 0 Å². The van der Waals surface area contributed by atoms with Gasteiger partial charge in [-0.25, -0.2) is 0 Å². The fourth-order valence-electron chi connectivity index (χ4n) is 2.51. The van der Waals surface area contributed by atoms with Gasteiger partial charge in [0.25, 0.3) is 5.91 Å². The summed E-state index contributed by atoms with van der Waals surface area (Å²) in [7, 11) is 1.34. The van der Waals surface area contributed by atoms with E-state index in [4.69, 9.17) is 16.3 Å². The molecule has 0 aliphatic heterocycles. The summed E-state index contributed by atoms with van der Waals surface area (Å²) in [5.74, 6) is -0.785. The van der Waals surface area contributed by atoms with E-state index in [1.807, 2.05) is 12.1 Å². The molecule has 3 rings (SSSR count). The van der Waals surface area contributed by atoms with Crippen molar-refractivity contribution in [1.82, 2.24) is 4.57 Å². The minimum Gasteiger partial charge on any atom is -0.468 e. The zero-order valence-electron chi connectivity index (χ0n) is 14.4. The fourth-order valence-corrected chi connectivity index (χ4v) is 3.73. The van der Waals surface area contributed by atoms with E-state index in [0.29, 0.717) is 15.4 Å². The lowest BCUT2D eigenvalue weighted by Gasteiger charge is -2.04. The van der Waals surface area contributed by atoms with E-state index >= 15 is 0 Å². The van der Waals surface area contributed by atoms with Gasteiger partial charge in [-0.1, -0.05) is 35.9 Å². The van der Waals surface area contributed by atoms with Crippen molar-refractivity contribution in [2.24, 2.45) is 4.99 Å². The molecule has 0 spiro atoms. The first-order valence-corrected chi connectivity index (χ1v) is 9.25. The number of hydrogen-bond donors (Lipinski definition) is 0. The van der Waals surface area contributed by atoms with Crippen LogP contribution in [-0.2, 0) is 22.5 Å². The SMILES string of the molecule is CCc1ccc2c(c1)sc(=NC(=O)c1ccc(Cl)cc1)n2CC(=O)OC. The van der Waals surface area contributed by atoms with Gasteiger partial charge in [0.05, 0.1) is 17.3 Å². The highest BCUT2D eigenvalue weighted by Gasteiger charge is 2.13. The highest BCUT2D eigenvalue weighted by molar-refractivity contribution is 7.16. The molecule has 3 aromatic rings. The van der Waals surface area contributed by atoms with Crippen LogP contribution in [0, 0.1) is 0 Å². The van der Waals surface area contributed by atoms with Crippen LogP contribution in [0.3, 0.4) is 0 Å². The molecule has 2 aromatic carbocycles. The van der Waals surface area contributed by atoms with Gasteiger partial charge < -0.3 is 9.30 Å². The maximum atomic E-state index is 12.5. The first kappa shape index (κ1) is 18.4. The van der Waals surface area contributed by atoms with Crippen LogP contribution < -0.4 is 4.80 Å². The molecule has 5 nitrogen and oxygen atoms in total. The van der Waals surface area contributed by atoms with Crippen molar-refractivity contribution < 1.29 is 14.3 Å². The van der Waals surface area contributed by atoms with E-state index in [1.54, 1.807) is 28.8 Å². The molecule has 7 heteroatoms. The Morgan fingerprint density at radius 1 is 1.19 bits per heavy atom. The summed E-state index contributed by atoms with van der Waals surface area (Å²) in [4.78, 5) is 29.0. The third-order valence-electron chi connectivity index (χ3n) is 3.96. The normalized spacial score (nSPS) is 11.7. The van der Waals surface area contributed by atoms with Gasteiger partial charge >= 0.3 is 5.97 Å². The second kappa shape index (κ2) is 7.85. The van der Waals surface area contributed by atoms with Gasteiger partial charge in [-0.3, -0.25) is 9.59 Å². The predicted octanol–water partition coefficient (Wildman–Crippen LogP) is 3.83. The van der Waals surface area contributed by atoms with E-state index in [2.05, 4.69) is 18.0 Å². The molecule has 0 bridgehead atoms. The number of esters is 1. The minimum absolute atomic E-state index is 0.00526. The first-order chi connectivity index (χ1) is 12.5. The van der Waals surface area contributed by atoms with Crippen LogP contribution in [0.1, 0.15) is 22.8 Å². The fraction of sp³-hybridized carbons (Fsp3) is 0.211. The molecule has 0 radical (unpaired) electrons. The Kier molecular flexibility index (Phi) is 5.54. The van der Waals surface area contributed by atoms with Crippen LogP contribution in [0.5, 0.6) is 0 Å². The summed E-state index contributed by atoms with van der Waals surface area (Å²) in [6.45, 7) is 2.07. The lowest BCUT2D eigenvalue weighted by atomic mass is 10.2. The smallest absolute Gasteiger partial charge is 0.325 e. The molecule has 0 aliphatic carbocycles. The molecule has 134 valence electrons. The number of rotatable bonds is 4. The van der Waals surface area contributed by atoms with Gasteiger partial charge in [0.1, 0.15) is 6.54 Å². The van der Waals surface area contributed by atoms with E-state index in [9.17, 15) is 9.59 Å². The summed E-state index contributed by atoms with van der Waals surface area (Å²) in [5.41, 5.74) is 2.46. The molecular formula is C19H17ClN2O3S. The maximum Gasteiger partial charge on any atom is 0.325 e. The number of methoxy groups -OCH3 is 1. The van der Waals surface area contributed by atoms with Crippen molar-refractivity contribution >= 4 is 45.0 Å². The number of ether oxygens (including phenoxy) is 1. The van der Waals surface area contributed by atoms with Crippen LogP contribution in [0.25, 0.3) is 10.2 Å². The van der Waals surface area contributed by atoms with Gasteiger partial charge in [-0.05, 0) is 48.4 Å². The molecular weight excluding hydrogens is 372 g/mol. The lowest BCUT2D eigenvalue weighted by Crippen LogP contribution is -2.22. The van der Waals surface area contributed by atoms with Crippen LogP contribution in [0.4, 0.5) is 0 Å². The molecule has 26 heavy (non-hydrogen) atoms. The first-order valence-electron chi connectivity index (χ1n) is 8.05. The zero-order chi connectivity index (χ0) is 18.7. The summed E-state index contributed by atoms with van der Waals surface area (Å²) in [6.07, 6.45) is 0.904. The van der Waals surface area contributed by atoms with Crippen LogP contribution >= 0.6 is 22.9 Å². The summed E-state index contributed by atoms with van der Waals surface area (Å²) in [5, 5.41) is 0.552. The Bertz CT molecular complexity index is 1040. The molecule has 0 atom stereocenters. The second-order valence-corrected chi connectivity index (χ2v) is 7.07. The van der Waals surface area contributed by atoms with Gasteiger partial charge in [0.2, 0.25) is 0 Å². The molecule has 1 aromatic heterocycles. The van der Waals surface area contributed by atoms with Crippen molar-refractivity contribution in [3.8, 4) is 0 Å². The van der Waals surface area contributed by atoms with Gasteiger partial charge in [-0.15, -0.1) is 0 Å². The summed E-state index contributed by atoms with van der Waals surface area (Å²) < 4.78 is 7.45. The quantitative estimate of drug-likeness (QED) is 0.638. The predicted molar refractivity (Wildman–Crippen MR) is 103 cm³/mol. The molecule has 0 saturated heterocycles. The number of benzene rings is 2. The standard InChI is InChI=1S/C19H17ClN2O3S/c1-3-12-4-9-15-16(10-12)26-19(22(15)11-17(23)25-2)21-18(24)13-5-7-14(20)8-6-13/h4-10H,3,11H2,1-2H3. The van der Waals surface area contributed by atoms with Crippen LogP contribution in [0.2, 0.25) is 5.02 Å². The molecule has 0 saturated carbocycles. The second-order valence-electron chi connectivity index (χ2n) is 5.63. The molecule has 0 unspecified atom stereocenters. The minimum atomic E-state index is -0.398. The number of halogens is 1. The number of carbonyl (C=O) groups excluding carboxylic acids is 2. The Morgan fingerprint density at radius 3 is 2.58 bits per heavy atom. The number of nitrogens with zero attached hydrogens (tertiary/aromatic N) is 2. The van der Waals surface area contributed by atoms with E-state index < -0.39 is 5.97 Å². The van der Waals surface area contributed by atoms with E-state index in [-0.39, 0.29) is 12.5 Å². The van der Waals surface area contributed by atoms with E-state index in [1.165, 1.54) is 24.0 Å². The Morgan fingerprint density at radius 2 is 1.92 bits per heavy atom. The third-order valence-corrected chi connectivity index (χ3v) is 5.25. The van der Waals surface area contributed by atoms with Crippen molar-refractivity contribution in [2.75, 3.05) is 7.11 Å². The zero-order valence-corrected chi connectivity index (χ0v) is 15.9. The number of fused-ring (bicyclic) bond motifs is 1. The van der Waals surface area contributed by atoms with Crippen LogP contribution in [-0.4, -0.2) is 23.6 Å². The van der Waals surface area contributed by atoms with E-state index in [0.717, 1.165) is 16.6 Å². The monoisotopic (exact) mass is 388 g/mol.